The van der Waals surface area contributed by atoms with Gasteiger partial charge in [0.2, 0.25) is 5.91 Å². The molecule has 1 aromatic heterocycles. The first-order chi connectivity index (χ1) is 13.1. The lowest BCUT2D eigenvalue weighted by atomic mass is 10.1. The number of nitrogens with zero attached hydrogens (tertiary/aromatic N) is 1. The van der Waals surface area contributed by atoms with E-state index < -0.39 is 0 Å². The van der Waals surface area contributed by atoms with Gasteiger partial charge in [-0.2, -0.15) is 0 Å². The highest BCUT2D eigenvalue weighted by atomic mass is 16.2. The van der Waals surface area contributed by atoms with Gasteiger partial charge in [-0.3, -0.25) is 14.6 Å². The van der Waals surface area contributed by atoms with Crippen molar-refractivity contribution in [2.45, 2.75) is 26.1 Å². The molecule has 6 nitrogen and oxygen atoms in total. The van der Waals surface area contributed by atoms with Gasteiger partial charge in [0.05, 0.1) is 17.2 Å². The van der Waals surface area contributed by atoms with Crippen LogP contribution in [-0.4, -0.2) is 22.8 Å². The summed E-state index contributed by atoms with van der Waals surface area (Å²) in [6, 6.07) is 14.9. The molecule has 0 aliphatic carbocycles. The Bertz CT molecular complexity index is 1030. The van der Waals surface area contributed by atoms with Crippen molar-refractivity contribution in [3.8, 4) is 0 Å². The molecule has 1 aliphatic rings. The highest BCUT2D eigenvalue weighted by Crippen LogP contribution is 2.21. The molecule has 0 spiro atoms. The number of aromatic nitrogens is 1. The van der Waals surface area contributed by atoms with Crippen LogP contribution in [0.5, 0.6) is 0 Å². The van der Waals surface area contributed by atoms with Crippen LogP contribution < -0.4 is 16.0 Å². The third-order valence-corrected chi connectivity index (χ3v) is 4.77. The molecule has 1 atom stereocenters. The van der Waals surface area contributed by atoms with E-state index in [9.17, 15) is 9.59 Å². The summed E-state index contributed by atoms with van der Waals surface area (Å²) in [6.07, 6.45) is 1.73. The molecule has 2 heterocycles. The van der Waals surface area contributed by atoms with Crippen LogP contribution in [0.1, 0.15) is 28.4 Å². The first-order valence-electron chi connectivity index (χ1n) is 8.90. The minimum Gasteiger partial charge on any atom is -0.348 e. The van der Waals surface area contributed by atoms with Crippen LogP contribution in [-0.2, 0) is 17.9 Å². The lowest BCUT2D eigenvalue weighted by molar-refractivity contribution is -0.117. The van der Waals surface area contributed by atoms with E-state index >= 15 is 0 Å². The van der Waals surface area contributed by atoms with Crippen LogP contribution in [0.2, 0.25) is 0 Å². The fourth-order valence-corrected chi connectivity index (χ4v) is 3.19. The summed E-state index contributed by atoms with van der Waals surface area (Å²) in [4.78, 5) is 28.6. The number of rotatable bonds is 5. The van der Waals surface area contributed by atoms with Gasteiger partial charge in [0.25, 0.3) is 5.91 Å². The summed E-state index contributed by atoms with van der Waals surface area (Å²) in [5.41, 5.74) is 4.29. The van der Waals surface area contributed by atoms with Gasteiger partial charge in [-0.15, -0.1) is 0 Å². The maximum absolute atomic E-state index is 12.6. The number of carbonyl (C=O) groups is 2. The van der Waals surface area contributed by atoms with Crippen LogP contribution in [0, 0.1) is 0 Å². The third kappa shape index (κ3) is 3.52. The first-order valence-corrected chi connectivity index (χ1v) is 8.90. The minimum absolute atomic E-state index is 0.0396. The Morgan fingerprint density at radius 1 is 1.22 bits per heavy atom. The molecule has 0 saturated heterocycles. The smallest absolute Gasteiger partial charge is 0.251 e. The summed E-state index contributed by atoms with van der Waals surface area (Å²) < 4.78 is 0. The second-order valence-corrected chi connectivity index (χ2v) is 6.64. The summed E-state index contributed by atoms with van der Waals surface area (Å²) in [5, 5.41) is 9.89. The van der Waals surface area contributed by atoms with Crippen molar-refractivity contribution in [3.63, 3.8) is 0 Å². The average molecular weight is 360 g/mol. The molecule has 27 heavy (non-hydrogen) atoms. The molecule has 3 aromatic rings. The molecule has 2 aromatic carbocycles. The van der Waals surface area contributed by atoms with Crippen molar-refractivity contribution in [1.82, 2.24) is 15.6 Å². The molecule has 136 valence electrons. The lowest BCUT2D eigenvalue weighted by Crippen LogP contribution is -2.37. The van der Waals surface area contributed by atoms with E-state index in [0.717, 1.165) is 33.3 Å². The SMILES string of the molecule is CC(NCc1ccc2c(c1)C(=O)NC2)C(=O)Nc1cccc2ncccc12. The highest BCUT2D eigenvalue weighted by molar-refractivity contribution is 6.02. The standard InChI is InChI=1S/C21H20N4O2/c1-13(23-11-14-7-8-15-12-24-21(27)17(15)10-14)20(26)25-19-6-2-5-18-16(19)4-3-9-22-18/h2-10,13,23H,11-12H2,1H3,(H,24,27)(H,25,26). The van der Waals surface area contributed by atoms with E-state index in [1.54, 1.807) is 6.20 Å². The Kier molecular flexibility index (Phi) is 4.56. The first kappa shape index (κ1) is 17.2. The van der Waals surface area contributed by atoms with Crippen LogP contribution >= 0.6 is 0 Å². The van der Waals surface area contributed by atoms with E-state index in [1.165, 1.54) is 0 Å². The number of pyridine rings is 1. The van der Waals surface area contributed by atoms with Crippen molar-refractivity contribution in [1.29, 1.82) is 0 Å². The van der Waals surface area contributed by atoms with Crippen LogP contribution in [0.3, 0.4) is 0 Å². The van der Waals surface area contributed by atoms with Crippen molar-refractivity contribution in [2.75, 3.05) is 5.32 Å². The predicted molar refractivity (Wildman–Crippen MR) is 104 cm³/mol. The molecule has 1 unspecified atom stereocenters. The Morgan fingerprint density at radius 3 is 3.00 bits per heavy atom. The van der Waals surface area contributed by atoms with Gasteiger partial charge in [-0.25, -0.2) is 0 Å². The molecule has 1 aliphatic heterocycles. The second kappa shape index (κ2) is 7.17. The molecule has 3 N–H and O–H groups in total. The van der Waals surface area contributed by atoms with E-state index in [1.807, 2.05) is 55.5 Å². The van der Waals surface area contributed by atoms with E-state index in [2.05, 4.69) is 20.9 Å². The number of fused-ring (bicyclic) bond motifs is 2. The Hall–Kier alpha value is -3.25. The number of amides is 2. The largest absolute Gasteiger partial charge is 0.348 e. The topological polar surface area (TPSA) is 83.1 Å². The Labute approximate surface area is 157 Å². The number of benzene rings is 2. The third-order valence-electron chi connectivity index (χ3n) is 4.77. The van der Waals surface area contributed by atoms with Gasteiger partial charge in [0.1, 0.15) is 0 Å². The van der Waals surface area contributed by atoms with E-state index in [-0.39, 0.29) is 17.9 Å². The van der Waals surface area contributed by atoms with Crippen LogP contribution in [0.25, 0.3) is 10.9 Å². The number of carbonyl (C=O) groups excluding carboxylic acids is 2. The van der Waals surface area contributed by atoms with Gasteiger partial charge >= 0.3 is 0 Å². The fraction of sp³-hybridized carbons (Fsp3) is 0.190. The van der Waals surface area contributed by atoms with Gasteiger partial charge in [-0.05, 0) is 48.4 Å². The molecular weight excluding hydrogens is 340 g/mol. The molecule has 0 saturated carbocycles. The van der Waals surface area contributed by atoms with Gasteiger partial charge < -0.3 is 16.0 Å². The molecular formula is C21H20N4O2. The molecule has 0 radical (unpaired) electrons. The van der Waals surface area contributed by atoms with Crippen LogP contribution in [0.15, 0.2) is 54.7 Å². The van der Waals surface area contributed by atoms with Crippen LogP contribution in [0.4, 0.5) is 5.69 Å². The monoisotopic (exact) mass is 360 g/mol. The lowest BCUT2D eigenvalue weighted by Gasteiger charge is -2.15. The zero-order valence-electron chi connectivity index (χ0n) is 15.0. The molecule has 0 fully saturated rings. The predicted octanol–water partition coefficient (Wildman–Crippen LogP) is 2.60. The zero-order valence-corrected chi connectivity index (χ0v) is 15.0. The molecule has 0 bridgehead atoms. The summed E-state index contributed by atoms with van der Waals surface area (Å²) in [6.45, 7) is 2.91. The molecule has 2 amide bonds. The Balaban J connectivity index is 1.41. The van der Waals surface area contributed by atoms with Crippen molar-refractivity contribution < 1.29 is 9.59 Å². The van der Waals surface area contributed by atoms with Gasteiger partial charge in [-0.1, -0.05) is 18.2 Å². The number of anilines is 1. The van der Waals surface area contributed by atoms with Gasteiger partial charge in [0, 0.05) is 30.2 Å². The quantitative estimate of drug-likeness (QED) is 0.653. The average Bonchev–Trinajstić information content (AvgIpc) is 3.06. The highest BCUT2D eigenvalue weighted by Gasteiger charge is 2.19. The van der Waals surface area contributed by atoms with Gasteiger partial charge in [0.15, 0.2) is 0 Å². The molecule has 6 heteroatoms. The number of hydrogen-bond acceptors (Lipinski definition) is 4. The maximum atomic E-state index is 12.6. The maximum Gasteiger partial charge on any atom is 0.251 e. The zero-order chi connectivity index (χ0) is 18.8. The summed E-state index contributed by atoms with van der Waals surface area (Å²) >= 11 is 0. The van der Waals surface area contributed by atoms with Crippen molar-refractivity contribution in [2.24, 2.45) is 0 Å². The fourth-order valence-electron chi connectivity index (χ4n) is 3.19. The Morgan fingerprint density at radius 2 is 2.11 bits per heavy atom. The normalized spacial score (nSPS) is 13.9. The summed E-state index contributed by atoms with van der Waals surface area (Å²) in [5.74, 6) is -0.160. The van der Waals surface area contributed by atoms with Crippen molar-refractivity contribution in [3.05, 3.63) is 71.4 Å². The number of hydrogen-bond donors (Lipinski definition) is 3. The summed E-state index contributed by atoms with van der Waals surface area (Å²) in [7, 11) is 0. The molecule has 4 rings (SSSR count). The minimum atomic E-state index is -0.390. The van der Waals surface area contributed by atoms with E-state index in [4.69, 9.17) is 0 Å². The van der Waals surface area contributed by atoms with Crippen molar-refractivity contribution >= 4 is 28.4 Å². The number of nitrogens with one attached hydrogen (secondary N) is 3. The van der Waals surface area contributed by atoms with E-state index in [0.29, 0.717) is 13.1 Å². The second-order valence-electron chi connectivity index (χ2n) is 6.64.